The van der Waals surface area contributed by atoms with Gasteiger partial charge in [-0.3, -0.25) is 4.79 Å². The number of nitrogens with zero attached hydrogens (tertiary/aromatic N) is 2. The van der Waals surface area contributed by atoms with Crippen molar-refractivity contribution < 1.29 is 23.0 Å². The van der Waals surface area contributed by atoms with Gasteiger partial charge in [-0.15, -0.1) is 0 Å². The minimum absolute atomic E-state index is 0.0638. The van der Waals surface area contributed by atoms with E-state index in [1.807, 2.05) is 12.1 Å². The fourth-order valence-corrected chi connectivity index (χ4v) is 7.25. The molecule has 3 aliphatic heterocycles. The SMILES string of the molecule is COc1cccc(CN(C(=O)C2=C(c3ccc(N4CC[C@@H](Oc5c(F)ccc(Cl)c5F)C4)cc3)C[C@H]3CNC[C@@H]2N3)C2CC2)c1C. The number of benzene rings is 3. The molecule has 0 spiro atoms. The van der Waals surface area contributed by atoms with Crippen LogP contribution >= 0.6 is 11.6 Å². The number of anilines is 1. The van der Waals surface area contributed by atoms with Crippen LogP contribution in [0.2, 0.25) is 5.02 Å². The van der Waals surface area contributed by atoms with Gasteiger partial charge in [-0.2, -0.15) is 0 Å². The van der Waals surface area contributed by atoms with Gasteiger partial charge in [-0.05, 0) is 78.8 Å². The van der Waals surface area contributed by atoms with E-state index in [-0.39, 0.29) is 35.2 Å². The van der Waals surface area contributed by atoms with Crippen LogP contribution in [-0.4, -0.2) is 68.3 Å². The maximum absolute atomic E-state index is 14.6. The van der Waals surface area contributed by atoms with E-state index in [0.29, 0.717) is 32.6 Å². The summed E-state index contributed by atoms with van der Waals surface area (Å²) >= 11 is 5.85. The largest absolute Gasteiger partial charge is 0.496 e. The van der Waals surface area contributed by atoms with E-state index in [9.17, 15) is 13.6 Å². The molecule has 46 heavy (non-hydrogen) atoms. The zero-order valence-electron chi connectivity index (χ0n) is 26.1. The quantitative estimate of drug-likeness (QED) is 0.283. The molecule has 1 amide bonds. The molecule has 3 aromatic carbocycles. The average molecular weight is 649 g/mol. The number of methoxy groups -OCH3 is 1. The lowest BCUT2D eigenvalue weighted by Crippen LogP contribution is -2.60. The molecule has 1 saturated carbocycles. The Balaban J connectivity index is 1.13. The van der Waals surface area contributed by atoms with Crippen molar-refractivity contribution in [3.63, 3.8) is 0 Å². The van der Waals surface area contributed by atoms with Gasteiger partial charge in [-0.1, -0.05) is 35.9 Å². The van der Waals surface area contributed by atoms with Gasteiger partial charge in [0.25, 0.3) is 5.91 Å². The molecule has 4 aliphatic rings. The first-order chi connectivity index (χ1) is 22.3. The highest BCUT2D eigenvalue weighted by atomic mass is 35.5. The van der Waals surface area contributed by atoms with E-state index in [1.165, 1.54) is 6.07 Å². The lowest BCUT2D eigenvalue weighted by Gasteiger charge is -2.41. The van der Waals surface area contributed by atoms with Gasteiger partial charge in [0.1, 0.15) is 11.9 Å². The van der Waals surface area contributed by atoms with Gasteiger partial charge in [0.2, 0.25) is 0 Å². The molecule has 0 unspecified atom stereocenters. The molecule has 3 fully saturated rings. The Morgan fingerprint density at radius 2 is 1.87 bits per heavy atom. The van der Waals surface area contributed by atoms with Crippen molar-refractivity contribution in [3.05, 3.63) is 93.5 Å². The van der Waals surface area contributed by atoms with Gasteiger partial charge in [-0.25, -0.2) is 8.78 Å². The van der Waals surface area contributed by atoms with Crippen molar-refractivity contribution in [1.82, 2.24) is 15.5 Å². The maximum Gasteiger partial charge on any atom is 0.252 e. The third-order valence-corrected chi connectivity index (χ3v) is 10.0. The molecule has 3 aromatic rings. The molecule has 10 heteroatoms. The highest BCUT2D eigenvalue weighted by Crippen LogP contribution is 2.38. The number of piperazine rings is 1. The maximum atomic E-state index is 14.6. The summed E-state index contributed by atoms with van der Waals surface area (Å²) in [5.74, 6) is -1.12. The fourth-order valence-electron chi connectivity index (χ4n) is 7.10. The topological polar surface area (TPSA) is 66.1 Å². The lowest BCUT2D eigenvalue weighted by molar-refractivity contribution is -0.128. The van der Waals surface area contributed by atoms with Crippen LogP contribution in [0.25, 0.3) is 5.57 Å². The Labute approximate surface area is 273 Å². The summed E-state index contributed by atoms with van der Waals surface area (Å²) in [5.41, 5.74) is 6.17. The molecule has 3 atom stereocenters. The highest BCUT2D eigenvalue weighted by Gasteiger charge is 2.41. The van der Waals surface area contributed by atoms with Gasteiger partial charge in [0.05, 0.1) is 24.7 Å². The summed E-state index contributed by atoms with van der Waals surface area (Å²) in [6.07, 6.45) is 3.05. The molecule has 1 aliphatic carbocycles. The number of halogens is 3. The molecule has 0 radical (unpaired) electrons. The number of hydrogen-bond donors (Lipinski definition) is 2. The van der Waals surface area contributed by atoms with Crippen molar-refractivity contribution >= 4 is 28.8 Å². The van der Waals surface area contributed by atoms with Crippen molar-refractivity contribution in [2.45, 2.75) is 63.4 Å². The number of ether oxygens (including phenoxy) is 2. The Hall–Kier alpha value is -3.66. The van der Waals surface area contributed by atoms with Crippen LogP contribution in [0, 0.1) is 18.6 Å². The first-order valence-corrected chi connectivity index (χ1v) is 16.5. The van der Waals surface area contributed by atoms with Crippen molar-refractivity contribution in [3.8, 4) is 11.5 Å². The summed E-state index contributed by atoms with van der Waals surface area (Å²) < 4.78 is 40.0. The summed E-state index contributed by atoms with van der Waals surface area (Å²) in [6.45, 7) is 5.36. The Bertz CT molecular complexity index is 1660. The van der Waals surface area contributed by atoms with E-state index < -0.39 is 17.4 Å². The van der Waals surface area contributed by atoms with E-state index in [0.717, 1.165) is 71.1 Å². The zero-order valence-corrected chi connectivity index (χ0v) is 26.9. The normalized spacial score (nSPS) is 22.6. The number of nitrogens with one attached hydrogen (secondary N) is 2. The predicted molar refractivity (Wildman–Crippen MR) is 175 cm³/mol. The van der Waals surface area contributed by atoms with Crippen LogP contribution in [0.5, 0.6) is 11.5 Å². The third-order valence-electron chi connectivity index (χ3n) is 9.75. The molecule has 7 rings (SSSR count). The molecular formula is C36H39ClF2N4O3. The minimum atomic E-state index is -0.871. The fraction of sp³-hybridized carbons (Fsp3) is 0.417. The summed E-state index contributed by atoms with van der Waals surface area (Å²) in [4.78, 5) is 18.8. The predicted octanol–water partition coefficient (Wildman–Crippen LogP) is 5.87. The van der Waals surface area contributed by atoms with Crippen LogP contribution < -0.4 is 25.0 Å². The first kappa shape index (κ1) is 31.0. The standard InChI is InChI=1S/C36H39ClF2N4O3/c1-21-23(4-3-5-32(21)45-2)19-43(26-10-11-26)36(44)33-28(16-24-17-40-18-31(33)41-24)22-6-8-25(9-7-22)42-15-14-27(20-42)46-35-30(38)13-12-29(37)34(35)39/h3-9,12-13,24,26-27,31,40-41H,10-11,14-20H2,1-2H3/t24-,27+,31-/m0/s1. The van der Waals surface area contributed by atoms with Crippen LogP contribution in [0.15, 0.2) is 60.2 Å². The molecule has 2 saturated heterocycles. The Morgan fingerprint density at radius 1 is 1.07 bits per heavy atom. The summed E-state index contributed by atoms with van der Waals surface area (Å²) in [7, 11) is 1.68. The number of fused-ring (bicyclic) bond motifs is 2. The van der Waals surface area contributed by atoms with Crippen LogP contribution in [0.1, 0.15) is 42.4 Å². The monoisotopic (exact) mass is 648 g/mol. The lowest BCUT2D eigenvalue weighted by atomic mass is 9.83. The molecular weight excluding hydrogens is 610 g/mol. The van der Waals surface area contributed by atoms with E-state index in [2.05, 4.69) is 57.7 Å². The zero-order chi connectivity index (χ0) is 31.9. The van der Waals surface area contributed by atoms with Crippen molar-refractivity contribution in [1.29, 1.82) is 0 Å². The number of rotatable bonds is 9. The average Bonchev–Trinajstić information content (AvgIpc) is 3.80. The van der Waals surface area contributed by atoms with Gasteiger partial charge in [0, 0.05) is 55.9 Å². The molecule has 2 N–H and O–H groups in total. The van der Waals surface area contributed by atoms with Crippen LogP contribution in [0.4, 0.5) is 14.5 Å². The smallest absolute Gasteiger partial charge is 0.252 e. The first-order valence-electron chi connectivity index (χ1n) is 16.1. The third kappa shape index (κ3) is 6.08. The molecule has 3 heterocycles. The Morgan fingerprint density at radius 3 is 2.63 bits per heavy atom. The highest BCUT2D eigenvalue weighted by molar-refractivity contribution is 6.30. The number of carbonyl (C=O) groups is 1. The number of carbonyl (C=O) groups excluding carboxylic acids is 1. The van der Waals surface area contributed by atoms with E-state index in [4.69, 9.17) is 21.1 Å². The molecule has 7 nitrogen and oxygen atoms in total. The van der Waals surface area contributed by atoms with Gasteiger partial charge in [0.15, 0.2) is 17.4 Å². The summed E-state index contributed by atoms with van der Waals surface area (Å²) in [5, 5.41) is 7.07. The minimum Gasteiger partial charge on any atom is -0.496 e. The summed E-state index contributed by atoms with van der Waals surface area (Å²) in [6, 6.07) is 17.1. The van der Waals surface area contributed by atoms with Crippen LogP contribution in [0.3, 0.4) is 0 Å². The van der Waals surface area contributed by atoms with E-state index >= 15 is 0 Å². The molecule has 242 valence electrons. The van der Waals surface area contributed by atoms with Gasteiger partial charge >= 0.3 is 0 Å². The second-order valence-electron chi connectivity index (χ2n) is 12.8. The Kier molecular flexibility index (Phi) is 8.65. The molecule has 0 aromatic heterocycles. The van der Waals surface area contributed by atoms with Crippen molar-refractivity contribution in [2.75, 3.05) is 38.2 Å². The molecule has 2 bridgehead atoms. The second-order valence-corrected chi connectivity index (χ2v) is 13.2. The van der Waals surface area contributed by atoms with Crippen molar-refractivity contribution in [2.24, 2.45) is 0 Å². The number of amides is 1. The van der Waals surface area contributed by atoms with E-state index in [1.54, 1.807) is 7.11 Å². The number of hydrogen-bond acceptors (Lipinski definition) is 6. The van der Waals surface area contributed by atoms with Gasteiger partial charge < -0.3 is 29.9 Å². The second kappa shape index (κ2) is 12.9. The van der Waals surface area contributed by atoms with Crippen LogP contribution in [-0.2, 0) is 11.3 Å².